The molecule has 1 atom stereocenters. The third-order valence-electron chi connectivity index (χ3n) is 3.57. The fraction of sp³-hybridized carbons (Fsp3) is 0.375. The molecule has 0 aromatic heterocycles. The van der Waals surface area contributed by atoms with Crippen LogP contribution in [0.25, 0.3) is 0 Å². The second-order valence-electron chi connectivity index (χ2n) is 5.89. The van der Waals surface area contributed by atoms with Crippen molar-refractivity contribution < 1.29 is 22.7 Å². The van der Waals surface area contributed by atoms with E-state index >= 15 is 0 Å². The predicted octanol–water partition coefficient (Wildman–Crippen LogP) is 2.72. The molecule has 0 spiro atoms. The summed E-state index contributed by atoms with van der Waals surface area (Å²) in [6, 6.07) is 9.06. The number of amides is 1. The summed E-state index contributed by atoms with van der Waals surface area (Å²) in [6.45, 7) is 3.26. The number of nitrogens with zero attached hydrogens (tertiary/aromatic N) is 1. The number of halogens is 2. The standard InChI is InChI=1S/C16H17Br2NO5S/c1-10(2)12(13(20)24-9-11-7-5-4-6-8-11)19-14(21)16(17,18)15(19)25(3,22)23/h4-8,15H,9H2,1-3H3/t15-/m1/s1. The van der Waals surface area contributed by atoms with Gasteiger partial charge >= 0.3 is 5.97 Å². The number of hydrogen-bond donors (Lipinski definition) is 0. The molecule has 6 nitrogen and oxygen atoms in total. The number of β-lactam (4-membered cyclic amide) rings is 1. The first-order valence-electron chi connectivity index (χ1n) is 7.26. The number of sulfone groups is 1. The number of carbonyl (C=O) groups excluding carboxylic acids is 2. The Bertz CT molecular complexity index is 829. The van der Waals surface area contributed by atoms with E-state index in [-0.39, 0.29) is 12.3 Å². The zero-order chi connectivity index (χ0) is 19.0. The molecule has 1 aromatic carbocycles. The van der Waals surface area contributed by atoms with Crippen LogP contribution in [0.1, 0.15) is 19.4 Å². The smallest absolute Gasteiger partial charge is 0.355 e. The van der Waals surface area contributed by atoms with Gasteiger partial charge in [0.25, 0.3) is 5.91 Å². The minimum atomic E-state index is -3.67. The maximum Gasteiger partial charge on any atom is 0.355 e. The van der Waals surface area contributed by atoms with Crippen molar-refractivity contribution in [2.24, 2.45) is 0 Å². The largest absolute Gasteiger partial charge is 0.456 e. The first-order chi connectivity index (χ1) is 11.5. The Labute approximate surface area is 163 Å². The summed E-state index contributed by atoms with van der Waals surface area (Å²) in [6.07, 6.45) is 1.01. The van der Waals surface area contributed by atoms with E-state index in [1.807, 2.05) is 18.2 Å². The van der Waals surface area contributed by atoms with Crippen LogP contribution in [0.4, 0.5) is 0 Å². The van der Waals surface area contributed by atoms with Gasteiger partial charge in [-0.3, -0.25) is 9.69 Å². The number of rotatable bonds is 5. The number of alkyl halides is 2. The third-order valence-corrected chi connectivity index (χ3v) is 7.10. The summed E-state index contributed by atoms with van der Waals surface area (Å²) in [7, 11) is -3.67. The van der Waals surface area contributed by atoms with Crippen molar-refractivity contribution in [3.63, 3.8) is 0 Å². The van der Waals surface area contributed by atoms with Crippen LogP contribution in [0.3, 0.4) is 0 Å². The minimum absolute atomic E-state index is 0.0236. The summed E-state index contributed by atoms with van der Waals surface area (Å²) in [5, 5.41) is -1.25. The van der Waals surface area contributed by atoms with Gasteiger partial charge in [-0.2, -0.15) is 0 Å². The molecular weight excluding hydrogens is 478 g/mol. The average molecular weight is 495 g/mol. The lowest BCUT2D eigenvalue weighted by Gasteiger charge is -2.48. The maximum absolute atomic E-state index is 12.5. The van der Waals surface area contributed by atoms with Crippen LogP contribution in [0, 0.1) is 0 Å². The molecule has 1 aliphatic heterocycles. The lowest BCUT2D eigenvalue weighted by Crippen LogP contribution is -2.70. The van der Waals surface area contributed by atoms with Crippen LogP contribution in [0.15, 0.2) is 41.6 Å². The van der Waals surface area contributed by atoms with Crippen molar-refractivity contribution in [2.75, 3.05) is 6.26 Å². The van der Waals surface area contributed by atoms with Crippen LogP contribution in [0.2, 0.25) is 0 Å². The normalized spacial score (nSPS) is 19.2. The molecule has 0 bridgehead atoms. The molecule has 1 heterocycles. The van der Waals surface area contributed by atoms with E-state index in [2.05, 4.69) is 31.9 Å². The van der Waals surface area contributed by atoms with Crippen LogP contribution in [-0.2, 0) is 30.8 Å². The lowest BCUT2D eigenvalue weighted by molar-refractivity contribution is -0.150. The monoisotopic (exact) mass is 493 g/mol. The minimum Gasteiger partial charge on any atom is -0.456 e. The lowest BCUT2D eigenvalue weighted by atomic mass is 10.1. The molecule has 136 valence electrons. The van der Waals surface area contributed by atoms with Crippen LogP contribution >= 0.6 is 31.9 Å². The van der Waals surface area contributed by atoms with Gasteiger partial charge in [-0.15, -0.1) is 0 Å². The SMILES string of the molecule is CC(C)=C(C(=O)OCc1ccccc1)N1C(=O)C(Br)(Br)[C@H]1S(C)(=O)=O. The highest BCUT2D eigenvalue weighted by Crippen LogP contribution is 2.48. The maximum atomic E-state index is 12.5. The molecule has 1 fully saturated rings. The molecule has 25 heavy (non-hydrogen) atoms. The Morgan fingerprint density at radius 2 is 1.80 bits per heavy atom. The second kappa shape index (κ2) is 7.20. The first kappa shape index (κ1) is 20.1. The third kappa shape index (κ3) is 3.98. The molecule has 1 aromatic rings. The van der Waals surface area contributed by atoms with Gasteiger partial charge in [0.2, 0.25) is 0 Å². The van der Waals surface area contributed by atoms with E-state index in [0.717, 1.165) is 16.7 Å². The van der Waals surface area contributed by atoms with Crippen LogP contribution < -0.4 is 0 Å². The van der Waals surface area contributed by atoms with Gasteiger partial charge in [0, 0.05) is 6.26 Å². The Morgan fingerprint density at radius 3 is 2.28 bits per heavy atom. The predicted molar refractivity (Wildman–Crippen MR) is 101 cm³/mol. The van der Waals surface area contributed by atoms with E-state index in [1.54, 1.807) is 26.0 Å². The summed E-state index contributed by atoms with van der Waals surface area (Å²) in [4.78, 5) is 25.9. The van der Waals surface area contributed by atoms with Crippen LogP contribution in [0.5, 0.6) is 0 Å². The fourth-order valence-electron chi connectivity index (χ4n) is 2.48. The van der Waals surface area contributed by atoms with Crippen molar-refractivity contribution >= 4 is 53.6 Å². The fourth-order valence-corrected chi connectivity index (χ4v) is 6.53. The highest BCUT2D eigenvalue weighted by Gasteiger charge is 2.65. The Kier molecular flexibility index (Phi) is 5.80. The molecular formula is C16H17Br2NO5S. The van der Waals surface area contributed by atoms with E-state index in [1.165, 1.54) is 0 Å². The van der Waals surface area contributed by atoms with Crippen LogP contribution in [-0.4, -0.2) is 40.1 Å². The Balaban J connectivity index is 2.28. The molecule has 0 radical (unpaired) electrons. The Hall–Kier alpha value is -1.19. The number of esters is 1. The van der Waals surface area contributed by atoms with Gasteiger partial charge in [0.1, 0.15) is 12.3 Å². The van der Waals surface area contributed by atoms with Gasteiger partial charge in [-0.25, -0.2) is 13.2 Å². The van der Waals surface area contributed by atoms with Gasteiger partial charge in [-0.05, 0) is 25.0 Å². The highest BCUT2D eigenvalue weighted by atomic mass is 79.9. The highest BCUT2D eigenvalue weighted by molar-refractivity contribution is 9.26. The van der Waals surface area contributed by atoms with Crippen molar-refractivity contribution in [3.8, 4) is 0 Å². The summed E-state index contributed by atoms with van der Waals surface area (Å²) < 4.78 is 28.0. The van der Waals surface area contributed by atoms with Crippen molar-refractivity contribution in [1.82, 2.24) is 4.90 Å². The topological polar surface area (TPSA) is 80.8 Å². The molecule has 1 aliphatic rings. The summed E-state index contributed by atoms with van der Waals surface area (Å²) in [5.74, 6) is -1.32. The Morgan fingerprint density at radius 1 is 1.24 bits per heavy atom. The molecule has 0 aliphatic carbocycles. The second-order valence-corrected chi connectivity index (χ2v) is 11.6. The zero-order valence-electron chi connectivity index (χ0n) is 13.8. The first-order valence-corrected chi connectivity index (χ1v) is 10.8. The molecule has 1 amide bonds. The molecule has 9 heteroatoms. The van der Waals surface area contributed by atoms with E-state index < -0.39 is 30.3 Å². The van der Waals surface area contributed by atoms with Gasteiger partial charge in [-0.1, -0.05) is 62.2 Å². The molecule has 0 N–H and O–H groups in total. The van der Waals surface area contributed by atoms with Crippen molar-refractivity contribution in [2.45, 2.75) is 29.1 Å². The number of benzene rings is 1. The van der Waals surface area contributed by atoms with Crippen molar-refractivity contribution in [1.29, 1.82) is 0 Å². The van der Waals surface area contributed by atoms with E-state index in [0.29, 0.717) is 5.57 Å². The summed E-state index contributed by atoms with van der Waals surface area (Å²) >= 11 is 6.17. The number of carbonyl (C=O) groups is 2. The van der Waals surface area contributed by atoms with Gasteiger partial charge in [0.05, 0.1) is 0 Å². The molecule has 1 saturated heterocycles. The number of allylic oxidation sites excluding steroid dienone is 1. The molecule has 2 rings (SSSR count). The zero-order valence-corrected chi connectivity index (χ0v) is 17.8. The number of ether oxygens (including phenoxy) is 1. The number of hydrogen-bond acceptors (Lipinski definition) is 5. The van der Waals surface area contributed by atoms with Crippen molar-refractivity contribution in [3.05, 3.63) is 47.2 Å². The summed E-state index contributed by atoms with van der Waals surface area (Å²) in [5.41, 5.74) is 1.20. The van der Waals surface area contributed by atoms with E-state index in [9.17, 15) is 18.0 Å². The van der Waals surface area contributed by atoms with Gasteiger partial charge < -0.3 is 4.74 Å². The quantitative estimate of drug-likeness (QED) is 0.272. The molecule has 0 unspecified atom stereocenters. The number of likely N-dealkylation sites (tertiary alicyclic amines) is 1. The average Bonchev–Trinajstić information content (AvgIpc) is 2.51. The van der Waals surface area contributed by atoms with Gasteiger partial charge in [0.15, 0.2) is 18.4 Å². The van der Waals surface area contributed by atoms with E-state index in [4.69, 9.17) is 4.74 Å². The molecule has 0 saturated carbocycles.